The van der Waals surface area contributed by atoms with E-state index in [9.17, 15) is 14.7 Å². The molecule has 0 saturated carbocycles. The number of carboxylic acids is 1. The summed E-state index contributed by atoms with van der Waals surface area (Å²) in [6.07, 6.45) is 0. The summed E-state index contributed by atoms with van der Waals surface area (Å²) in [7, 11) is 9.45. The zero-order valence-electron chi connectivity index (χ0n) is 21.4. The van der Waals surface area contributed by atoms with Crippen LogP contribution in [0.25, 0.3) is 21.8 Å². The normalized spacial score (nSPS) is 10.5. The summed E-state index contributed by atoms with van der Waals surface area (Å²) in [6.45, 7) is 2.47. The van der Waals surface area contributed by atoms with Gasteiger partial charge in [-0.3, -0.25) is 0 Å². The lowest BCUT2D eigenvalue weighted by atomic mass is 10.2. The number of rotatable bonds is 7. The van der Waals surface area contributed by atoms with E-state index in [0.29, 0.717) is 35.2 Å². The molecule has 2 aromatic heterocycles. The number of hydrogen-bond donors (Lipinski definition) is 1. The fraction of sp³-hybridized carbons (Fsp3) is 0.308. The van der Waals surface area contributed by atoms with Gasteiger partial charge in [-0.25, -0.2) is 9.59 Å². The number of esters is 1. The van der Waals surface area contributed by atoms with Crippen molar-refractivity contribution in [3.05, 3.63) is 47.8 Å². The van der Waals surface area contributed by atoms with Crippen molar-refractivity contribution in [2.24, 2.45) is 7.05 Å². The third-order valence-corrected chi connectivity index (χ3v) is 5.90. The molecule has 10 heteroatoms. The number of aromatic nitrogens is 2. The lowest BCUT2D eigenvalue weighted by molar-refractivity contribution is 0.0589. The summed E-state index contributed by atoms with van der Waals surface area (Å²) in [5.74, 6) is 1.26. The van der Waals surface area contributed by atoms with Crippen LogP contribution < -0.4 is 18.9 Å². The molecule has 0 bridgehead atoms. The van der Waals surface area contributed by atoms with Gasteiger partial charge < -0.3 is 37.9 Å². The molecule has 1 N–H and O–H groups in total. The van der Waals surface area contributed by atoms with Crippen molar-refractivity contribution >= 4 is 33.7 Å². The smallest absolute Gasteiger partial charge is 0.354 e. The minimum atomic E-state index is -0.950. The highest BCUT2D eigenvalue weighted by molar-refractivity contribution is 5.99. The van der Waals surface area contributed by atoms with Gasteiger partial charge in [0.2, 0.25) is 0 Å². The number of methoxy groups -OCH3 is 5. The molecule has 2 aromatic carbocycles. The molecule has 192 valence electrons. The average Bonchev–Trinajstić information content (AvgIpc) is 3.45. The number of fused-ring (bicyclic) bond motifs is 2. The van der Waals surface area contributed by atoms with Gasteiger partial charge in [0.1, 0.15) is 34.4 Å². The molecular weight excluding hydrogens is 468 g/mol. The number of benzene rings is 2. The van der Waals surface area contributed by atoms with Gasteiger partial charge >= 0.3 is 11.9 Å². The number of ether oxygens (including phenoxy) is 5. The van der Waals surface area contributed by atoms with Gasteiger partial charge in [0.05, 0.1) is 46.6 Å². The van der Waals surface area contributed by atoms with Crippen LogP contribution in [-0.4, -0.2) is 61.7 Å². The molecular formula is C26H30N2O8. The van der Waals surface area contributed by atoms with Crippen LogP contribution in [0.5, 0.6) is 23.0 Å². The van der Waals surface area contributed by atoms with E-state index in [1.54, 1.807) is 68.9 Å². The van der Waals surface area contributed by atoms with E-state index in [0.717, 1.165) is 21.8 Å². The molecule has 0 radical (unpaired) electrons. The number of aromatic carboxylic acids is 1. The predicted octanol–water partition coefficient (Wildman–Crippen LogP) is 4.36. The quantitative estimate of drug-likeness (QED) is 0.374. The molecule has 0 aliphatic rings. The third kappa shape index (κ3) is 4.74. The largest absolute Gasteiger partial charge is 0.497 e. The summed E-state index contributed by atoms with van der Waals surface area (Å²) in [5.41, 5.74) is 2.37. The van der Waals surface area contributed by atoms with Crippen molar-refractivity contribution in [2.45, 2.75) is 13.5 Å². The topological polar surface area (TPSA) is 110 Å². The number of carbonyl (C=O) groups is 2. The van der Waals surface area contributed by atoms with Crippen molar-refractivity contribution in [1.29, 1.82) is 0 Å². The number of carbonyl (C=O) groups excluding carboxylic acids is 1. The van der Waals surface area contributed by atoms with E-state index >= 15 is 0 Å². The maximum Gasteiger partial charge on any atom is 0.354 e. The van der Waals surface area contributed by atoms with Crippen LogP contribution in [0.2, 0.25) is 0 Å². The molecule has 0 unspecified atom stereocenters. The van der Waals surface area contributed by atoms with Gasteiger partial charge in [-0.2, -0.15) is 0 Å². The molecule has 0 fully saturated rings. The van der Waals surface area contributed by atoms with Crippen LogP contribution in [0.15, 0.2) is 36.4 Å². The Morgan fingerprint density at radius 2 is 1.25 bits per heavy atom. The Morgan fingerprint density at radius 1 is 0.750 bits per heavy atom. The number of carboxylic acid groups (broad SMARTS) is 1. The summed E-state index contributed by atoms with van der Waals surface area (Å²) in [6, 6.07) is 10.6. The molecule has 0 aliphatic heterocycles. The maximum absolute atomic E-state index is 11.6. The molecule has 0 amide bonds. The fourth-order valence-corrected chi connectivity index (χ4v) is 4.07. The Labute approximate surface area is 208 Å². The SMILES string of the molecule is CCn1c(C(=O)O)cc2c(OC)cc(OC)cc21.COC(=O)c1cc2c(OC)cc(OC)cc2n1C. The zero-order valence-corrected chi connectivity index (χ0v) is 21.4. The molecule has 4 aromatic rings. The minimum Gasteiger partial charge on any atom is -0.497 e. The number of hydrogen-bond acceptors (Lipinski definition) is 7. The first-order chi connectivity index (χ1) is 17.2. The summed E-state index contributed by atoms with van der Waals surface area (Å²) in [5, 5.41) is 10.8. The molecule has 0 atom stereocenters. The Hall–Kier alpha value is -4.34. The average molecular weight is 499 g/mol. The molecule has 0 aliphatic carbocycles. The highest BCUT2D eigenvalue weighted by Gasteiger charge is 2.18. The van der Waals surface area contributed by atoms with E-state index in [2.05, 4.69) is 0 Å². The summed E-state index contributed by atoms with van der Waals surface area (Å²) >= 11 is 0. The third-order valence-electron chi connectivity index (χ3n) is 5.90. The number of aryl methyl sites for hydroxylation is 2. The number of nitrogens with zero attached hydrogens (tertiary/aromatic N) is 2. The van der Waals surface area contributed by atoms with E-state index in [1.807, 2.05) is 19.1 Å². The van der Waals surface area contributed by atoms with Gasteiger partial charge in [-0.1, -0.05) is 0 Å². The first-order valence-electron chi connectivity index (χ1n) is 11.0. The standard InChI is InChI=1S/2C13H15NO4/c1-14-10-5-8(16-2)6-12(17-3)9(10)7-11(14)13(15)18-4;1-4-14-10-5-8(17-2)6-12(18-3)9(10)7-11(14)13(15)16/h5-7H,1-4H3;5-7H,4H2,1-3H3,(H,15,16). The summed E-state index contributed by atoms with van der Waals surface area (Å²) < 4.78 is 29.2. The van der Waals surface area contributed by atoms with Gasteiger partial charge in [-0.05, 0) is 19.1 Å². The van der Waals surface area contributed by atoms with E-state index < -0.39 is 5.97 Å². The van der Waals surface area contributed by atoms with E-state index in [1.165, 1.54) is 7.11 Å². The molecule has 36 heavy (non-hydrogen) atoms. The van der Waals surface area contributed by atoms with Crippen molar-refractivity contribution < 1.29 is 38.4 Å². The molecule has 2 heterocycles. The lowest BCUT2D eigenvalue weighted by Gasteiger charge is -2.08. The fourth-order valence-electron chi connectivity index (χ4n) is 4.07. The van der Waals surface area contributed by atoms with Crippen LogP contribution in [0, 0.1) is 0 Å². The van der Waals surface area contributed by atoms with Gasteiger partial charge in [-0.15, -0.1) is 0 Å². The van der Waals surface area contributed by atoms with Crippen LogP contribution >= 0.6 is 0 Å². The minimum absolute atomic E-state index is 0.249. The zero-order chi connectivity index (χ0) is 26.6. The maximum atomic E-state index is 11.6. The predicted molar refractivity (Wildman–Crippen MR) is 135 cm³/mol. The molecule has 0 saturated heterocycles. The van der Waals surface area contributed by atoms with E-state index in [4.69, 9.17) is 23.7 Å². The second-order valence-electron chi connectivity index (χ2n) is 7.68. The molecule has 10 nitrogen and oxygen atoms in total. The van der Waals surface area contributed by atoms with Crippen LogP contribution in [-0.2, 0) is 18.3 Å². The van der Waals surface area contributed by atoms with Gasteiger partial charge in [0, 0.05) is 48.6 Å². The Bertz CT molecular complexity index is 1420. The van der Waals surface area contributed by atoms with Gasteiger partial charge in [0.25, 0.3) is 0 Å². The van der Waals surface area contributed by atoms with Crippen LogP contribution in [0.4, 0.5) is 0 Å². The monoisotopic (exact) mass is 498 g/mol. The Kier molecular flexibility index (Phi) is 7.98. The first kappa shape index (κ1) is 26.3. The highest BCUT2D eigenvalue weighted by Crippen LogP contribution is 2.34. The van der Waals surface area contributed by atoms with Crippen molar-refractivity contribution in [3.63, 3.8) is 0 Å². The first-order valence-corrected chi connectivity index (χ1v) is 11.0. The Morgan fingerprint density at radius 3 is 1.69 bits per heavy atom. The second kappa shape index (κ2) is 10.9. The molecule has 4 rings (SSSR count). The van der Waals surface area contributed by atoms with E-state index in [-0.39, 0.29) is 11.7 Å². The van der Waals surface area contributed by atoms with Crippen molar-refractivity contribution in [1.82, 2.24) is 9.13 Å². The van der Waals surface area contributed by atoms with Crippen molar-refractivity contribution in [2.75, 3.05) is 35.5 Å². The van der Waals surface area contributed by atoms with Crippen LogP contribution in [0.1, 0.15) is 27.9 Å². The molecule has 0 spiro atoms. The summed E-state index contributed by atoms with van der Waals surface area (Å²) in [4.78, 5) is 22.9. The second-order valence-corrected chi connectivity index (χ2v) is 7.68. The van der Waals surface area contributed by atoms with Crippen LogP contribution in [0.3, 0.4) is 0 Å². The Balaban J connectivity index is 0.000000201. The van der Waals surface area contributed by atoms with Crippen molar-refractivity contribution in [3.8, 4) is 23.0 Å². The lowest BCUT2D eigenvalue weighted by Crippen LogP contribution is -2.06. The van der Waals surface area contributed by atoms with Gasteiger partial charge in [0.15, 0.2) is 0 Å². The highest BCUT2D eigenvalue weighted by atomic mass is 16.5.